The van der Waals surface area contributed by atoms with Gasteiger partial charge in [-0.05, 0) is 92.8 Å². The van der Waals surface area contributed by atoms with Gasteiger partial charge in [-0.1, -0.05) is 46.0 Å². The number of rotatable bonds is 17. The summed E-state index contributed by atoms with van der Waals surface area (Å²) in [4.78, 5) is 41.0. The number of hydrogen-bond donors (Lipinski definition) is 3. The molecule has 9 heteroatoms. The first-order valence-corrected chi connectivity index (χ1v) is 16.7. The van der Waals surface area contributed by atoms with Gasteiger partial charge in [-0.3, -0.25) is 14.4 Å². The van der Waals surface area contributed by atoms with Crippen LogP contribution >= 0.6 is 0 Å². The van der Waals surface area contributed by atoms with Gasteiger partial charge in [-0.15, -0.1) is 0 Å². The van der Waals surface area contributed by atoms with E-state index in [9.17, 15) is 28.3 Å². The molecule has 0 heterocycles. The first-order chi connectivity index (χ1) is 21.6. The molecule has 1 fully saturated rings. The van der Waals surface area contributed by atoms with Crippen LogP contribution in [0, 0.1) is 24.5 Å². The Labute approximate surface area is 267 Å². The van der Waals surface area contributed by atoms with E-state index >= 15 is 0 Å². The molecule has 3 amide bonds. The van der Waals surface area contributed by atoms with E-state index in [1.54, 1.807) is 30.0 Å². The van der Waals surface area contributed by atoms with Crippen molar-refractivity contribution >= 4 is 17.7 Å². The minimum Gasteiger partial charge on any atom is -0.391 e. The average Bonchev–Trinajstić information content (AvgIpc) is 3.00. The van der Waals surface area contributed by atoms with E-state index in [4.69, 9.17) is 0 Å². The minimum atomic E-state index is -1.11. The van der Waals surface area contributed by atoms with Crippen LogP contribution in [0.25, 0.3) is 0 Å². The topological polar surface area (TPSA) is 98.7 Å². The number of nitrogens with one attached hydrogen (secondary N) is 2. The number of benzene rings is 2. The zero-order valence-electron chi connectivity index (χ0n) is 27.2. The van der Waals surface area contributed by atoms with Crippen LogP contribution in [0.5, 0.6) is 0 Å². The van der Waals surface area contributed by atoms with Crippen LogP contribution in [0.15, 0.2) is 36.4 Å². The Morgan fingerprint density at radius 1 is 0.933 bits per heavy atom. The number of nitrogens with zero attached hydrogens (tertiary/aromatic N) is 1. The van der Waals surface area contributed by atoms with Gasteiger partial charge in [0.25, 0.3) is 11.8 Å². The molecule has 3 N–H and O–H groups in total. The van der Waals surface area contributed by atoms with Gasteiger partial charge in [0.05, 0.1) is 12.1 Å². The second kappa shape index (κ2) is 18.6. The first-order valence-electron chi connectivity index (χ1n) is 16.7. The van der Waals surface area contributed by atoms with E-state index in [2.05, 4.69) is 10.6 Å². The van der Waals surface area contributed by atoms with E-state index < -0.39 is 29.7 Å². The third kappa shape index (κ3) is 12.2. The summed E-state index contributed by atoms with van der Waals surface area (Å²) in [7, 11) is 0. The van der Waals surface area contributed by atoms with Crippen molar-refractivity contribution in [1.82, 2.24) is 15.5 Å². The van der Waals surface area contributed by atoms with Gasteiger partial charge in [0.2, 0.25) is 5.91 Å². The lowest BCUT2D eigenvalue weighted by atomic mass is 9.86. The number of halogens is 2. The molecule has 0 radical (unpaired) electrons. The first kappa shape index (κ1) is 36.1. The molecule has 248 valence electrons. The highest BCUT2D eigenvalue weighted by Crippen LogP contribution is 2.27. The summed E-state index contributed by atoms with van der Waals surface area (Å²) in [5.74, 6) is -1.55. The number of aliphatic hydroxyl groups is 1. The normalized spacial score (nSPS) is 14.9. The second-order valence-electron chi connectivity index (χ2n) is 12.5. The van der Waals surface area contributed by atoms with Crippen LogP contribution in [0.2, 0.25) is 0 Å². The Morgan fingerprint density at radius 3 is 2.22 bits per heavy atom. The maximum atomic E-state index is 14.0. The average molecular weight is 628 g/mol. The predicted octanol–water partition coefficient (Wildman–Crippen LogP) is 6.49. The Hall–Kier alpha value is -3.33. The summed E-state index contributed by atoms with van der Waals surface area (Å²) in [6.45, 7) is 7.23. The van der Waals surface area contributed by atoms with Gasteiger partial charge < -0.3 is 20.6 Å². The molecule has 2 atom stereocenters. The molecule has 7 nitrogen and oxygen atoms in total. The third-order valence-corrected chi connectivity index (χ3v) is 8.52. The fraction of sp³-hybridized carbons (Fsp3) is 0.583. The van der Waals surface area contributed by atoms with E-state index in [0.29, 0.717) is 31.0 Å². The van der Waals surface area contributed by atoms with E-state index in [1.807, 2.05) is 13.8 Å². The summed E-state index contributed by atoms with van der Waals surface area (Å²) in [5.41, 5.74) is 1.66. The van der Waals surface area contributed by atoms with E-state index in [-0.39, 0.29) is 42.3 Å². The molecule has 2 aromatic carbocycles. The maximum Gasteiger partial charge on any atom is 0.253 e. The summed E-state index contributed by atoms with van der Waals surface area (Å²) < 4.78 is 28.0. The summed E-state index contributed by atoms with van der Waals surface area (Å²) in [6.07, 6.45) is 9.26. The van der Waals surface area contributed by atoms with Crippen molar-refractivity contribution < 1.29 is 28.3 Å². The second-order valence-corrected chi connectivity index (χ2v) is 12.5. The summed E-state index contributed by atoms with van der Waals surface area (Å²) in [6, 6.07) is 7.15. The molecular formula is C36H51F2N3O4. The smallest absolute Gasteiger partial charge is 0.253 e. The molecule has 0 aromatic heterocycles. The zero-order valence-corrected chi connectivity index (χ0v) is 27.2. The molecular weight excluding hydrogens is 576 g/mol. The monoisotopic (exact) mass is 627 g/mol. The van der Waals surface area contributed by atoms with Crippen molar-refractivity contribution in [3.8, 4) is 0 Å². The van der Waals surface area contributed by atoms with E-state index in [1.165, 1.54) is 44.2 Å². The highest BCUT2D eigenvalue weighted by Gasteiger charge is 2.25. The quantitative estimate of drug-likeness (QED) is 0.187. The number of hydrogen-bond acceptors (Lipinski definition) is 4. The van der Waals surface area contributed by atoms with Gasteiger partial charge >= 0.3 is 0 Å². The highest BCUT2D eigenvalue weighted by molar-refractivity contribution is 6.00. The van der Waals surface area contributed by atoms with Crippen molar-refractivity contribution in [1.29, 1.82) is 0 Å². The van der Waals surface area contributed by atoms with E-state index in [0.717, 1.165) is 37.3 Å². The minimum absolute atomic E-state index is 0.0324. The molecule has 0 saturated heterocycles. The van der Waals surface area contributed by atoms with Gasteiger partial charge in [0.15, 0.2) is 0 Å². The van der Waals surface area contributed by atoms with Crippen LogP contribution in [0.1, 0.15) is 116 Å². The predicted molar refractivity (Wildman–Crippen MR) is 173 cm³/mol. The standard InChI is InChI=1S/C36H51F2N3O4/c1-4-16-41(17-5-2)36(45)29-19-25(3)18-28(23-29)35(44)40-32(22-27-20-30(37)24-31(38)21-27)33(42)14-15-39-34(43)13-9-12-26-10-7-6-8-11-26/h18-21,23-24,26,32-33,42H,4-17,22H2,1-3H3,(H,39,43)(H,40,44)/t32-,33-/m0/s1. The lowest BCUT2D eigenvalue weighted by molar-refractivity contribution is -0.121. The summed E-state index contributed by atoms with van der Waals surface area (Å²) >= 11 is 0. The Morgan fingerprint density at radius 2 is 1.58 bits per heavy atom. The van der Waals surface area contributed by atoms with Crippen LogP contribution in [0.3, 0.4) is 0 Å². The molecule has 1 saturated carbocycles. The van der Waals surface area contributed by atoms with Crippen molar-refractivity contribution in [2.45, 2.75) is 110 Å². The molecule has 45 heavy (non-hydrogen) atoms. The van der Waals surface area contributed by atoms with Crippen molar-refractivity contribution in [2.75, 3.05) is 19.6 Å². The van der Waals surface area contributed by atoms with Gasteiger partial charge in [0, 0.05) is 43.2 Å². The summed E-state index contributed by atoms with van der Waals surface area (Å²) in [5, 5.41) is 16.8. The van der Waals surface area contributed by atoms with Crippen molar-refractivity contribution in [3.05, 3.63) is 70.3 Å². The molecule has 0 unspecified atom stereocenters. The van der Waals surface area contributed by atoms with Crippen LogP contribution < -0.4 is 10.6 Å². The lowest BCUT2D eigenvalue weighted by Crippen LogP contribution is -2.46. The lowest BCUT2D eigenvalue weighted by Gasteiger charge is -2.25. The third-order valence-electron chi connectivity index (χ3n) is 8.52. The molecule has 3 rings (SSSR count). The van der Waals surface area contributed by atoms with Crippen LogP contribution in [0.4, 0.5) is 8.78 Å². The number of carbonyl (C=O) groups is 3. The SMILES string of the molecule is CCCN(CCC)C(=O)c1cc(C)cc(C(=O)N[C@@H](Cc2cc(F)cc(F)c2)[C@@H](O)CCNC(=O)CCCC2CCCCC2)c1. The van der Waals surface area contributed by atoms with Crippen molar-refractivity contribution in [2.24, 2.45) is 5.92 Å². The number of aryl methyl sites for hydroxylation is 1. The highest BCUT2D eigenvalue weighted by atomic mass is 19.1. The Balaban J connectivity index is 1.67. The number of aliphatic hydroxyl groups excluding tert-OH is 1. The largest absolute Gasteiger partial charge is 0.391 e. The molecule has 0 spiro atoms. The van der Waals surface area contributed by atoms with Crippen LogP contribution in [-0.4, -0.2) is 59.5 Å². The fourth-order valence-electron chi connectivity index (χ4n) is 6.27. The fourth-order valence-corrected chi connectivity index (χ4v) is 6.27. The maximum absolute atomic E-state index is 14.0. The Kier molecular flexibility index (Phi) is 14.9. The van der Waals surface area contributed by atoms with Gasteiger partial charge in [0.1, 0.15) is 11.6 Å². The molecule has 1 aliphatic carbocycles. The van der Waals surface area contributed by atoms with Gasteiger partial charge in [-0.25, -0.2) is 8.78 Å². The zero-order chi connectivity index (χ0) is 32.8. The van der Waals surface area contributed by atoms with Crippen LogP contribution in [-0.2, 0) is 11.2 Å². The number of carbonyl (C=O) groups excluding carboxylic acids is 3. The molecule has 0 bridgehead atoms. The van der Waals surface area contributed by atoms with Crippen molar-refractivity contribution in [3.63, 3.8) is 0 Å². The number of amides is 3. The molecule has 2 aromatic rings. The molecule has 0 aliphatic heterocycles. The Bertz CT molecular complexity index is 1240. The van der Waals surface area contributed by atoms with Gasteiger partial charge in [-0.2, -0.15) is 0 Å². The molecule has 1 aliphatic rings.